The molecule has 0 aliphatic heterocycles. The zero-order valence-corrected chi connectivity index (χ0v) is 10.4. The van der Waals surface area contributed by atoms with Gasteiger partial charge in [-0.1, -0.05) is 0 Å². The first kappa shape index (κ1) is 10.7. The summed E-state index contributed by atoms with van der Waals surface area (Å²) in [6, 6.07) is 0. The normalized spacial score (nSPS) is 19.2. The predicted molar refractivity (Wildman–Crippen MR) is 53.2 cm³/mol. The number of hydrogen-bond acceptors (Lipinski definition) is 3. The molecule has 1 aliphatic carbocycles. The molecule has 1 fully saturated rings. The molecule has 0 amide bonds. The Morgan fingerprint density at radius 3 is 2.08 bits per heavy atom. The zero-order valence-electron chi connectivity index (χ0n) is 6.38. The molecular formula is C6H8Br2O3S. The van der Waals surface area contributed by atoms with Gasteiger partial charge in [-0.3, -0.25) is 4.79 Å². The summed E-state index contributed by atoms with van der Waals surface area (Å²) >= 11 is 5.78. The fraction of sp³-hybridized carbons (Fsp3) is 0.833. The van der Waals surface area contributed by atoms with Gasteiger partial charge >= 0.3 is 0 Å². The highest BCUT2D eigenvalue weighted by molar-refractivity contribution is 9.28. The van der Waals surface area contributed by atoms with Crippen molar-refractivity contribution in [3.8, 4) is 0 Å². The van der Waals surface area contributed by atoms with Crippen LogP contribution in [0.15, 0.2) is 0 Å². The molecular weight excluding hydrogens is 312 g/mol. The predicted octanol–water partition coefficient (Wildman–Crippen LogP) is 1.45. The van der Waals surface area contributed by atoms with Crippen molar-refractivity contribution in [2.45, 2.75) is 15.4 Å². The van der Waals surface area contributed by atoms with Crippen molar-refractivity contribution in [3.63, 3.8) is 0 Å². The Morgan fingerprint density at radius 2 is 1.83 bits per heavy atom. The first-order chi connectivity index (χ1) is 5.27. The van der Waals surface area contributed by atoms with Crippen LogP contribution in [0.1, 0.15) is 12.8 Å². The van der Waals surface area contributed by atoms with Crippen LogP contribution in [0.25, 0.3) is 0 Å². The first-order valence-electron chi connectivity index (χ1n) is 3.38. The van der Waals surface area contributed by atoms with Crippen LogP contribution in [0.4, 0.5) is 0 Å². The monoisotopic (exact) mass is 318 g/mol. The second kappa shape index (κ2) is 3.06. The molecule has 70 valence electrons. The number of ketones is 1. The van der Waals surface area contributed by atoms with Crippen LogP contribution in [-0.2, 0) is 14.6 Å². The third-order valence-corrected chi connectivity index (χ3v) is 7.14. The molecule has 0 N–H and O–H groups in total. The average molecular weight is 320 g/mol. The highest BCUT2D eigenvalue weighted by Crippen LogP contribution is 2.42. The van der Waals surface area contributed by atoms with E-state index in [1.54, 1.807) is 0 Å². The topological polar surface area (TPSA) is 51.2 Å². The second-order valence-corrected chi connectivity index (χ2v) is 9.58. The van der Waals surface area contributed by atoms with Crippen LogP contribution in [0.5, 0.6) is 0 Å². The van der Waals surface area contributed by atoms with Gasteiger partial charge in [-0.05, 0) is 44.7 Å². The van der Waals surface area contributed by atoms with E-state index >= 15 is 0 Å². The minimum absolute atomic E-state index is 0.0847. The lowest BCUT2D eigenvalue weighted by atomic mass is 10.3. The standard InChI is InChI=1S/C6H8Br2O3S/c1-12(10,11)6(7,8)5(9)4-2-3-4/h4H,2-3H2,1H3. The van der Waals surface area contributed by atoms with Crippen LogP contribution in [0.3, 0.4) is 0 Å². The lowest BCUT2D eigenvalue weighted by Gasteiger charge is -2.15. The largest absolute Gasteiger partial charge is 0.296 e. The third kappa shape index (κ3) is 1.90. The number of rotatable bonds is 3. The van der Waals surface area contributed by atoms with E-state index in [4.69, 9.17) is 0 Å². The molecule has 3 nitrogen and oxygen atoms in total. The maximum atomic E-state index is 11.4. The number of carbonyl (C=O) groups is 1. The van der Waals surface area contributed by atoms with Gasteiger partial charge in [-0.25, -0.2) is 8.42 Å². The minimum Gasteiger partial charge on any atom is -0.296 e. The molecule has 0 aromatic rings. The number of hydrogen-bond donors (Lipinski definition) is 0. The number of sulfone groups is 1. The molecule has 0 atom stereocenters. The third-order valence-electron chi connectivity index (χ3n) is 1.70. The van der Waals surface area contributed by atoms with E-state index in [0.717, 1.165) is 19.1 Å². The molecule has 0 aromatic carbocycles. The van der Waals surface area contributed by atoms with Crippen LogP contribution >= 0.6 is 31.9 Å². The quantitative estimate of drug-likeness (QED) is 0.740. The van der Waals surface area contributed by atoms with Gasteiger partial charge in [0.1, 0.15) is 0 Å². The summed E-state index contributed by atoms with van der Waals surface area (Å²) in [5.74, 6) is -0.372. The summed E-state index contributed by atoms with van der Waals surface area (Å²) in [5, 5.41) is 0. The number of alkyl halides is 2. The Balaban J connectivity index is 2.91. The number of carbonyl (C=O) groups excluding carboxylic acids is 1. The Morgan fingerprint density at radius 1 is 1.42 bits per heavy atom. The maximum Gasteiger partial charge on any atom is 0.238 e. The van der Waals surface area contributed by atoms with Crippen molar-refractivity contribution in [1.82, 2.24) is 0 Å². The summed E-state index contributed by atoms with van der Waals surface area (Å²) in [6.07, 6.45) is 2.62. The lowest BCUT2D eigenvalue weighted by Crippen LogP contribution is -2.34. The van der Waals surface area contributed by atoms with Crippen molar-refractivity contribution < 1.29 is 13.2 Å². The van der Waals surface area contributed by atoms with Gasteiger partial charge in [0.05, 0.1) is 0 Å². The summed E-state index contributed by atoms with van der Waals surface area (Å²) < 4.78 is 20.7. The van der Waals surface area contributed by atoms with E-state index in [9.17, 15) is 13.2 Å². The van der Waals surface area contributed by atoms with E-state index in [1.165, 1.54) is 0 Å². The Kier molecular flexibility index (Phi) is 2.72. The van der Waals surface area contributed by atoms with E-state index in [-0.39, 0.29) is 11.7 Å². The molecule has 0 radical (unpaired) electrons. The van der Waals surface area contributed by atoms with Gasteiger partial charge in [-0.2, -0.15) is 0 Å². The Labute approximate surface area is 88.1 Å². The molecule has 6 heteroatoms. The highest BCUT2D eigenvalue weighted by Gasteiger charge is 2.49. The van der Waals surface area contributed by atoms with E-state index < -0.39 is 12.4 Å². The van der Waals surface area contributed by atoms with E-state index in [2.05, 4.69) is 31.9 Å². The summed E-state index contributed by atoms with van der Waals surface area (Å²) in [4.78, 5) is 11.4. The summed E-state index contributed by atoms with van der Waals surface area (Å²) in [7, 11) is -3.42. The molecule has 0 saturated heterocycles. The smallest absolute Gasteiger partial charge is 0.238 e. The molecule has 0 aromatic heterocycles. The summed E-state index contributed by atoms with van der Waals surface area (Å²) in [6.45, 7) is 0. The summed E-state index contributed by atoms with van der Waals surface area (Å²) in [5.41, 5.74) is 0. The van der Waals surface area contributed by atoms with Crippen molar-refractivity contribution in [2.75, 3.05) is 6.26 Å². The fourth-order valence-corrected chi connectivity index (χ4v) is 1.95. The van der Waals surface area contributed by atoms with Crippen molar-refractivity contribution in [2.24, 2.45) is 5.92 Å². The van der Waals surface area contributed by atoms with Crippen molar-refractivity contribution in [3.05, 3.63) is 0 Å². The van der Waals surface area contributed by atoms with Gasteiger partial charge in [-0.15, -0.1) is 0 Å². The van der Waals surface area contributed by atoms with Gasteiger partial charge < -0.3 is 0 Å². The molecule has 12 heavy (non-hydrogen) atoms. The number of halogens is 2. The van der Waals surface area contributed by atoms with E-state index in [0.29, 0.717) is 0 Å². The second-order valence-electron chi connectivity index (χ2n) is 2.93. The number of Topliss-reactive ketones (excluding diaryl/α,β-unsaturated/α-hetero) is 1. The molecule has 0 bridgehead atoms. The molecule has 1 rings (SSSR count). The zero-order chi connectivity index (χ0) is 9.57. The van der Waals surface area contributed by atoms with Gasteiger partial charge in [0.25, 0.3) is 0 Å². The van der Waals surface area contributed by atoms with Crippen LogP contribution < -0.4 is 0 Å². The minimum atomic E-state index is -3.42. The first-order valence-corrected chi connectivity index (χ1v) is 6.86. The molecule has 1 aliphatic rings. The van der Waals surface area contributed by atoms with Crippen LogP contribution in [0, 0.1) is 5.92 Å². The van der Waals surface area contributed by atoms with Gasteiger partial charge in [0.2, 0.25) is 2.57 Å². The lowest BCUT2D eigenvalue weighted by molar-refractivity contribution is -0.118. The highest BCUT2D eigenvalue weighted by atomic mass is 79.9. The van der Waals surface area contributed by atoms with Gasteiger partial charge in [0.15, 0.2) is 15.6 Å². The average Bonchev–Trinajstić information content (AvgIpc) is 2.64. The SMILES string of the molecule is CS(=O)(=O)C(Br)(Br)C(=O)C1CC1. The van der Waals surface area contributed by atoms with Gasteiger partial charge in [0, 0.05) is 12.2 Å². The van der Waals surface area contributed by atoms with E-state index in [1.807, 2.05) is 0 Å². The molecule has 0 spiro atoms. The Bertz CT molecular complexity index is 303. The van der Waals surface area contributed by atoms with Crippen molar-refractivity contribution in [1.29, 1.82) is 0 Å². The molecule has 0 heterocycles. The van der Waals surface area contributed by atoms with Crippen LogP contribution in [0.2, 0.25) is 0 Å². The maximum absolute atomic E-state index is 11.4. The Hall–Kier alpha value is 0.580. The molecule has 0 unspecified atom stereocenters. The van der Waals surface area contributed by atoms with Crippen LogP contribution in [-0.4, -0.2) is 23.0 Å². The molecule has 1 saturated carbocycles. The fourth-order valence-electron chi connectivity index (χ4n) is 0.766. The van der Waals surface area contributed by atoms with Crippen molar-refractivity contribution >= 4 is 47.5 Å².